The van der Waals surface area contributed by atoms with Gasteiger partial charge in [0.2, 0.25) is 0 Å². The summed E-state index contributed by atoms with van der Waals surface area (Å²) in [5.41, 5.74) is 2.55. The first kappa shape index (κ1) is 23.0. The Bertz CT molecular complexity index is 1510. The molecule has 2 aromatic heterocycles. The van der Waals surface area contributed by atoms with Gasteiger partial charge in [-0.15, -0.1) is 11.3 Å². The summed E-state index contributed by atoms with van der Waals surface area (Å²) in [4.78, 5) is 47.3. The number of fused-ring (bicyclic) bond motifs is 2. The van der Waals surface area contributed by atoms with Gasteiger partial charge in [-0.1, -0.05) is 37.3 Å². The number of aryl methyl sites for hydroxylation is 1. The number of carbonyl (C=O) groups is 2. The minimum Gasteiger partial charge on any atom is -0.482 e. The number of rotatable bonds is 6. The second-order valence-electron chi connectivity index (χ2n) is 8.59. The first-order chi connectivity index (χ1) is 16.9. The molecule has 8 heteroatoms. The molecule has 0 spiro atoms. The number of benzene rings is 2. The average Bonchev–Trinajstić information content (AvgIpc) is 3.22. The summed E-state index contributed by atoms with van der Waals surface area (Å²) in [5, 5.41) is 0.527. The van der Waals surface area contributed by atoms with Crippen LogP contribution < -0.4 is 15.2 Å². The van der Waals surface area contributed by atoms with Gasteiger partial charge >= 0.3 is 0 Å². The van der Waals surface area contributed by atoms with Crippen LogP contribution in [0, 0.1) is 6.92 Å². The number of carbonyl (C=O) groups excluding carboxylic acids is 2. The highest BCUT2D eigenvalue weighted by molar-refractivity contribution is 7.19. The maximum absolute atomic E-state index is 13.6. The SMILES string of the molecule is CCCN1C(=O)COc2ccc(C(=O)C(C)n3cnc4sc(C)c(-c5ccccc5)c4c3=O)cc21. The van der Waals surface area contributed by atoms with Crippen molar-refractivity contribution in [2.75, 3.05) is 18.1 Å². The molecule has 178 valence electrons. The Morgan fingerprint density at radius 3 is 2.69 bits per heavy atom. The van der Waals surface area contributed by atoms with Crippen LogP contribution in [0.15, 0.2) is 59.7 Å². The van der Waals surface area contributed by atoms with E-state index in [-0.39, 0.29) is 23.9 Å². The molecule has 7 nitrogen and oxygen atoms in total. The molecule has 1 amide bonds. The minimum atomic E-state index is -0.777. The first-order valence-electron chi connectivity index (χ1n) is 11.6. The van der Waals surface area contributed by atoms with Crippen molar-refractivity contribution in [3.63, 3.8) is 0 Å². The summed E-state index contributed by atoms with van der Waals surface area (Å²) < 4.78 is 6.95. The predicted molar refractivity (Wildman–Crippen MR) is 138 cm³/mol. The molecule has 0 bridgehead atoms. The number of amides is 1. The summed E-state index contributed by atoms with van der Waals surface area (Å²) in [6.45, 7) is 6.20. The average molecular weight is 488 g/mol. The number of Topliss-reactive ketones (excluding diaryl/α,β-unsaturated/α-hetero) is 1. The fraction of sp³-hybridized carbons (Fsp3) is 0.259. The topological polar surface area (TPSA) is 81.5 Å². The summed E-state index contributed by atoms with van der Waals surface area (Å²) in [7, 11) is 0. The minimum absolute atomic E-state index is 0.0123. The van der Waals surface area contributed by atoms with Crippen molar-refractivity contribution in [2.45, 2.75) is 33.2 Å². The van der Waals surface area contributed by atoms with E-state index in [1.807, 2.05) is 44.2 Å². The van der Waals surface area contributed by atoms with E-state index in [0.717, 1.165) is 22.4 Å². The number of aromatic nitrogens is 2. The van der Waals surface area contributed by atoms with Crippen molar-refractivity contribution in [3.8, 4) is 16.9 Å². The van der Waals surface area contributed by atoms with Crippen LogP contribution >= 0.6 is 11.3 Å². The molecular weight excluding hydrogens is 462 g/mol. The Morgan fingerprint density at radius 1 is 1.17 bits per heavy atom. The molecule has 2 aromatic carbocycles. The van der Waals surface area contributed by atoms with Gasteiger partial charge in [-0.2, -0.15) is 0 Å². The maximum atomic E-state index is 13.6. The lowest BCUT2D eigenvalue weighted by Gasteiger charge is -2.29. The van der Waals surface area contributed by atoms with E-state index >= 15 is 0 Å². The Labute approximate surface area is 206 Å². The molecule has 5 rings (SSSR count). The van der Waals surface area contributed by atoms with Gasteiger partial charge < -0.3 is 9.64 Å². The fourth-order valence-corrected chi connectivity index (χ4v) is 5.54. The maximum Gasteiger partial charge on any atom is 0.265 e. The van der Waals surface area contributed by atoms with Crippen molar-refractivity contribution in [3.05, 3.63) is 75.7 Å². The van der Waals surface area contributed by atoms with Gasteiger partial charge in [0.1, 0.15) is 10.6 Å². The Hall–Kier alpha value is -3.78. The Kier molecular flexibility index (Phi) is 5.98. The third kappa shape index (κ3) is 3.93. The molecule has 1 aliphatic rings. The molecule has 0 saturated heterocycles. The quantitative estimate of drug-likeness (QED) is 0.357. The normalized spacial score (nSPS) is 14.0. The predicted octanol–water partition coefficient (Wildman–Crippen LogP) is 5.01. The van der Waals surface area contributed by atoms with Crippen LogP contribution in [0.25, 0.3) is 21.3 Å². The molecule has 3 heterocycles. The third-order valence-corrected chi connectivity index (χ3v) is 7.32. The van der Waals surface area contributed by atoms with Crippen LogP contribution in [0.2, 0.25) is 0 Å². The van der Waals surface area contributed by atoms with Crippen molar-refractivity contribution in [1.82, 2.24) is 9.55 Å². The standard InChI is InChI=1S/C27H25N3O4S/c1-4-12-29-20-13-19(10-11-21(20)34-14-22(29)31)25(32)16(2)30-15-28-26-24(27(30)33)23(17(3)35-26)18-8-6-5-7-9-18/h5-11,13,15-16H,4,12,14H2,1-3H3. The van der Waals surface area contributed by atoms with Crippen LogP contribution in [0.5, 0.6) is 5.75 Å². The van der Waals surface area contributed by atoms with Crippen molar-refractivity contribution < 1.29 is 14.3 Å². The van der Waals surface area contributed by atoms with E-state index in [9.17, 15) is 14.4 Å². The second-order valence-corrected chi connectivity index (χ2v) is 9.80. The van der Waals surface area contributed by atoms with Crippen LogP contribution in [-0.2, 0) is 4.79 Å². The van der Waals surface area contributed by atoms with E-state index in [1.54, 1.807) is 30.0 Å². The summed E-state index contributed by atoms with van der Waals surface area (Å²) >= 11 is 1.47. The van der Waals surface area contributed by atoms with Gasteiger partial charge in [0, 0.05) is 22.5 Å². The third-order valence-electron chi connectivity index (χ3n) is 6.31. The number of hydrogen-bond donors (Lipinski definition) is 0. The van der Waals surface area contributed by atoms with Crippen molar-refractivity contribution in [2.24, 2.45) is 0 Å². The van der Waals surface area contributed by atoms with E-state index in [1.165, 1.54) is 22.2 Å². The van der Waals surface area contributed by atoms with E-state index in [4.69, 9.17) is 4.74 Å². The molecule has 35 heavy (non-hydrogen) atoms. The number of hydrogen-bond acceptors (Lipinski definition) is 6. The van der Waals surface area contributed by atoms with E-state index < -0.39 is 6.04 Å². The molecule has 1 atom stereocenters. The zero-order chi connectivity index (χ0) is 24.7. The highest BCUT2D eigenvalue weighted by atomic mass is 32.1. The van der Waals surface area contributed by atoms with Crippen molar-refractivity contribution >= 4 is 38.9 Å². The van der Waals surface area contributed by atoms with Gasteiger partial charge in [0.25, 0.3) is 11.5 Å². The lowest BCUT2D eigenvalue weighted by molar-refractivity contribution is -0.121. The summed E-state index contributed by atoms with van der Waals surface area (Å²) in [5.74, 6) is 0.201. The largest absolute Gasteiger partial charge is 0.482 e. The molecule has 1 unspecified atom stereocenters. The van der Waals surface area contributed by atoms with Crippen LogP contribution in [0.3, 0.4) is 0 Å². The lowest BCUT2D eigenvalue weighted by atomic mass is 10.0. The van der Waals surface area contributed by atoms with Gasteiger partial charge in [-0.3, -0.25) is 19.0 Å². The van der Waals surface area contributed by atoms with Gasteiger partial charge in [0.15, 0.2) is 12.4 Å². The monoisotopic (exact) mass is 487 g/mol. The molecular formula is C27H25N3O4S. The number of ether oxygens (including phenoxy) is 1. The molecule has 0 fully saturated rings. The van der Waals surface area contributed by atoms with Crippen molar-refractivity contribution in [1.29, 1.82) is 0 Å². The van der Waals surface area contributed by atoms with Gasteiger partial charge in [-0.05, 0) is 44.0 Å². The molecule has 0 N–H and O–H groups in total. The zero-order valence-corrected chi connectivity index (χ0v) is 20.6. The Morgan fingerprint density at radius 2 is 1.94 bits per heavy atom. The van der Waals surface area contributed by atoms with Gasteiger partial charge in [-0.25, -0.2) is 4.98 Å². The Balaban J connectivity index is 1.56. The summed E-state index contributed by atoms with van der Waals surface area (Å²) in [6, 6.07) is 14.0. The summed E-state index contributed by atoms with van der Waals surface area (Å²) in [6.07, 6.45) is 2.23. The molecule has 1 aliphatic heterocycles. The molecule has 4 aromatic rings. The van der Waals surface area contributed by atoms with Crippen LogP contribution in [-0.4, -0.2) is 34.4 Å². The van der Waals surface area contributed by atoms with E-state index in [0.29, 0.717) is 33.8 Å². The number of nitrogens with zero attached hydrogens (tertiary/aromatic N) is 3. The van der Waals surface area contributed by atoms with E-state index in [2.05, 4.69) is 4.98 Å². The number of ketones is 1. The number of thiophene rings is 1. The molecule has 0 aliphatic carbocycles. The highest BCUT2D eigenvalue weighted by Crippen LogP contribution is 2.36. The first-order valence-corrected chi connectivity index (χ1v) is 12.4. The van der Waals surface area contributed by atoms with Crippen LogP contribution in [0.4, 0.5) is 5.69 Å². The number of anilines is 1. The molecule has 0 saturated carbocycles. The smallest absolute Gasteiger partial charge is 0.265 e. The zero-order valence-electron chi connectivity index (χ0n) is 19.8. The van der Waals surface area contributed by atoms with Gasteiger partial charge in [0.05, 0.1) is 23.4 Å². The van der Waals surface area contributed by atoms with Crippen LogP contribution in [0.1, 0.15) is 41.5 Å². The highest BCUT2D eigenvalue weighted by Gasteiger charge is 2.28. The fourth-order valence-electron chi connectivity index (χ4n) is 4.54. The lowest BCUT2D eigenvalue weighted by Crippen LogP contribution is -2.39. The molecule has 0 radical (unpaired) electrons. The second kappa shape index (κ2) is 9.11.